The molecule has 1 saturated carbocycles. The lowest BCUT2D eigenvalue weighted by atomic mass is 9.91. The molecule has 2 aromatic heterocycles. The number of piperazine rings is 1. The molecule has 3 heterocycles. The zero-order valence-electron chi connectivity index (χ0n) is 22.8. The Balaban J connectivity index is 1.30. The van der Waals surface area contributed by atoms with E-state index in [1.807, 2.05) is 48.5 Å². The van der Waals surface area contributed by atoms with Gasteiger partial charge >= 0.3 is 5.69 Å². The molecule has 0 bridgehead atoms. The second kappa shape index (κ2) is 11.8. The molecule has 0 unspecified atom stereocenters. The third-order valence-electron chi connectivity index (χ3n) is 8.11. The highest BCUT2D eigenvalue weighted by Crippen LogP contribution is 2.28. The topological polar surface area (TPSA) is 101 Å². The van der Waals surface area contributed by atoms with Gasteiger partial charge in [-0.2, -0.15) is 0 Å². The van der Waals surface area contributed by atoms with Crippen LogP contribution in [0.15, 0.2) is 76.4 Å². The van der Waals surface area contributed by atoms with Gasteiger partial charge in [-0.1, -0.05) is 42.5 Å². The molecule has 212 valence electrons. The van der Waals surface area contributed by atoms with Crippen LogP contribution in [0.5, 0.6) is 0 Å². The lowest BCUT2D eigenvalue weighted by Gasteiger charge is -2.31. The Morgan fingerprint density at radius 3 is 2.44 bits per heavy atom. The first kappa shape index (κ1) is 27.0. The summed E-state index contributed by atoms with van der Waals surface area (Å²) in [5.41, 5.74) is 1.51. The van der Waals surface area contributed by atoms with Crippen molar-refractivity contribution in [1.29, 1.82) is 0 Å². The molecule has 6 rings (SSSR count). The number of nitrogens with one attached hydrogen (secondary N) is 2. The number of nitrogens with zero attached hydrogens (tertiary/aromatic N) is 4. The molecule has 2 aliphatic rings. The molecule has 0 atom stereocenters. The van der Waals surface area contributed by atoms with Crippen molar-refractivity contribution in [3.05, 3.63) is 93.5 Å². The number of fused-ring (bicyclic) bond motifs is 1. The quantitative estimate of drug-likeness (QED) is 0.379. The van der Waals surface area contributed by atoms with Crippen molar-refractivity contribution in [2.45, 2.75) is 37.8 Å². The normalized spacial score (nSPS) is 19.7. The first-order valence-corrected chi connectivity index (χ1v) is 14.2. The summed E-state index contributed by atoms with van der Waals surface area (Å²) in [6.45, 7) is 3.83. The van der Waals surface area contributed by atoms with E-state index in [0.717, 1.165) is 49.6 Å². The van der Waals surface area contributed by atoms with Crippen molar-refractivity contribution in [1.82, 2.24) is 29.7 Å². The van der Waals surface area contributed by atoms with E-state index in [1.54, 1.807) is 6.07 Å². The van der Waals surface area contributed by atoms with Gasteiger partial charge in [0.1, 0.15) is 5.82 Å². The lowest BCUT2D eigenvalue weighted by Crippen LogP contribution is -2.50. The first-order valence-electron chi connectivity index (χ1n) is 14.2. The Kier molecular flexibility index (Phi) is 7.76. The Bertz CT molecular complexity index is 1670. The van der Waals surface area contributed by atoms with Gasteiger partial charge < -0.3 is 10.6 Å². The van der Waals surface area contributed by atoms with Gasteiger partial charge in [0.25, 0.3) is 5.56 Å². The van der Waals surface area contributed by atoms with Gasteiger partial charge in [-0.25, -0.2) is 18.7 Å². The molecular weight excluding hydrogens is 523 g/mol. The Labute approximate surface area is 236 Å². The molecule has 1 aliphatic heterocycles. The number of pyridine rings is 1. The summed E-state index contributed by atoms with van der Waals surface area (Å²) in [6.07, 6.45) is 3.41. The standard InChI is InChI=1S/C31H33FN6O3/c32-23-18-27-29(34-19-23)37(26-8-4-7-22(17-26)21-5-2-1-3-6-21)31(41)38(30(27)40)25-11-9-24(10-12-25)35-28(39)20-36-15-13-33-14-16-36/h1-8,17-19,24-25,33H,9-16,20H2,(H,35,39). The SMILES string of the molecule is O=C(CN1CCNCC1)NC1CCC(n2c(=O)c3cc(F)cnc3n(-c3cccc(-c4ccccc4)c3)c2=O)CC1. The second-order valence-electron chi connectivity index (χ2n) is 10.8. The number of carbonyl (C=O) groups is 1. The minimum Gasteiger partial charge on any atom is -0.352 e. The van der Waals surface area contributed by atoms with E-state index in [4.69, 9.17) is 0 Å². The zero-order valence-corrected chi connectivity index (χ0v) is 22.8. The van der Waals surface area contributed by atoms with E-state index in [0.29, 0.717) is 37.9 Å². The summed E-state index contributed by atoms with van der Waals surface area (Å²) >= 11 is 0. The molecule has 4 aromatic rings. The number of amides is 1. The van der Waals surface area contributed by atoms with Crippen molar-refractivity contribution in [2.75, 3.05) is 32.7 Å². The fraction of sp³-hybridized carbons (Fsp3) is 0.355. The minimum absolute atomic E-state index is 0.000394. The largest absolute Gasteiger partial charge is 0.352 e. The van der Waals surface area contributed by atoms with E-state index in [-0.39, 0.29) is 29.0 Å². The van der Waals surface area contributed by atoms with E-state index in [2.05, 4.69) is 20.5 Å². The molecule has 9 nitrogen and oxygen atoms in total. The molecule has 0 spiro atoms. The summed E-state index contributed by atoms with van der Waals surface area (Å²) < 4.78 is 17.0. The minimum atomic E-state index is -0.639. The number of hydrogen-bond acceptors (Lipinski definition) is 6. The van der Waals surface area contributed by atoms with Crippen LogP contribution in [0.25, 0.3) is 27.8 Å². The van der Waals surface area contributed by atoms with Crippen molar-refractivity contribution >= 4 is 16.9 Å². The number of hydrogen-bond donors (Lipinski definition) is 2. The molecule has 0 radical (unpaired) electrons. The number of rotatable bonds is 6. The fourth-order valence-electron chi connectivity index (χ4n) is 6.02. The number of aromatic nitrogens is 3. The summed E-state index contributed by atoms with van der Waals surface area (Å²) in [5.74, 6) is -0.638. The second-order valence-corrected chi connectivity index (χ2v) is 10.8. The maximum absolute atomic E-state index is 14.3. The molecule has 2 aromatic carbocycles. The monoisotopic (exact) mass is 556 g/mol. The molecule has 1 saturated heterocycles. The Hall–Kier alpha value is -4.15. The maximum atomic E-state index is 14.3. The molecule has 2 fully saturated rings. The molecule has 41 heavy (non-hydrogen) atoms. The van der Waals surface area contributed by atoms with Crippen LogP contribution in [0.2, 0.25) is 0 Å². The first-order chi connectivity index (χ1) is 20.0. The van der Waals surface area contributed by atoms with Crippen LogP contribution in [-0.2, 0) is 4.79 Å². The van der Waals surface area contributed by atoms with Crippen LogP contribution in [-0.4, -0.2) is 63.7 Å². The number of carbonyl (C=O) groups excluding carboxylic acids is 1. The summed E-state index contributed by atoms with van der Waals surface area (Å²) in [5, 5.41) is 6.47. The maximum Gasteiger partial charge on any atom is 0.337 e. The highest BCUT2D eigenvalue weighted by Gasteiger charge is 2.28. The predicted molar refractivity (Wildman–Crippen MR) is 156 cm³/mol. The van der Waals surface area contributed by atoms with E-state index in [1.165, 1.54) is 9.13 Å². The Morgan fingerprint density at radius 2 is 1.68 bits per heavy atom. The summed E-state index contributed by atoms with van der Waals surface area (Å²) in [7, 11) is 0. The molecule has 1 amide bonds. The third-order valence-corrected chi connectivity index (χ3v) is 8.11. The molecular formula is C31H33FN6O3. The molecule has 2 N–H and O–H groups in total. The van der Waals surface area contributed by atoms with Crippen LogP contribution in [0, 0.1) is 5.82 Å². The van der Waals surface area contributed by atoms with Gasteiger partial charge in [-0.15, -0.1) is 0 Å². The Morgan fingerprint density at radius 1 is 0.951 bits per heavy atom. The average molecular weight is 557 g/mol. The third kappa shape index (κ3) is 5.71. The fourth-order valence-corrected chi connectivity index (χ4v) is 6.02. The smallest absolute Gasteiger partial charge is 0.337 e. The van der Waals surface area contributed by atoms with Crippen molar-refractivity contribution in [3.8, 4) is 16.8 Å². The van der Waals surface area contributed by atoms with Crippen LogP contribution < -0.4 is 21.9 Å². The van der Waals surface area contributed by atoms with E-state index in [9.17, 15) is 18.8 Å². The van der Waals surface area contributed by atoms with Crippen molar-refractivity contribution < 1.29 is 9.18 Å². The summed E-state index contributed by atoms with van der Waals surface area (Å²) in [6, 6.07) is 18.0. The predicted octanol–water partition coefficient (Wildman–Crippen LogP) is 2.86. The molecule has 1 aliphatic carbocycles. The van der Waals surface area contributed by atoms with Crippen LogP contribution >= 0.6 is 0 Å². The zero-order chi connectivity index (χ0) is 28.3. The highest BCUT2D eigenvalue weighted by atomic mass is 19.1. The van der Waals surface area contributed by atoms with Crippen LogP contribution in [0.1, 0.15) is 31.7 Å². The molecule has 10 heteroatoms. The lowest BCUT2D eigenvalue weighted by molar-refractivity contribution is -0.123. The number of halogens is 1. The van der Waals surface area contributed by atoms with Crippen LogP contribution in [0.3, 0.4) is 0 Å². The van der Waals surface area contributed by atoms with Gasteiger partial charge in [0.15, 0.2) is 5.65 Å². The van der Waals surface area contributed by atoms with Crippen LogP contribution in [0.4, 0.5) is 4.39 Å². The number of benzene rings is 2. The van der Waals surface area contributed by atoms with E-state index >= 15 is 0 Å². The van der Waals surface area contributed by atoms with Crippen molar-refractivity contribution in [3.63, 3.8) is 0 Å². The van der Waals surface area contributed by atoms with Gasteiger partial charge in [-0.3, -0.25) is 19.1 Å². The van der Waals surface area contributed by atoms with Crippen molar-refractivity contribution in [2.24, 2.45) is 0 Å². The van der Waals surface area contributed by atoms with Gasteiger partial charge in [-0.05, 0) is 55.0 Å². The van der Waals surface area contributed by atoms with Gasteiger partial charge in [0, 0.05) is 38.3 Å². The van der Waals surface area contributed by atoms with Gasteiger partial charge in [0.05, 0.1) is 23.8 Å². The highest BCUT2D eigenvalue weighted by molar-refractivity contribution is 5.78. The summed E-state index contributed by atoms with van der Waals surface area (Å²) in [4.78, 5) is 46.6. The average Bonchev–Trinajstić information content (AvgIpc) is 2.99. The van der Waals surface area contributed by atoms with E-state index < -0.39 is 17.1 Å². The van der Waals surface area contributed by atoms with Gasteiger partial charge in [0.2, 0.25) is 5.91 Å².